The number of thiazole rings is 1. The van der Waals surface area contributed by atoms with Gasteiger partial charge in [-0.05, 0) is 75.2 Å². The van der Waals surface area contributed by atoms with Crippen LogP contribution in [0.1, 0.15) is 58.3 Å². The summed E-state index contributed by atoms with van der Waals surface area (Å²) >= 11 is 1.29. The standard InChI is InChI=1S/C37H33N3O5S/c1-5-44-35(42)27-17-19-29(20-18-27)39-23(3)21-28(24(39)4)22-30-34(41)40-33(26-15-11-8-12-16-26)31(36(43)45-6-2)32(38-37(40)46-30)25-13-9-7-10-14-25/h7-22,33H,5-6H2,1-4H3/b30-22-/t33-/m1/s1. The molecule has 232 valence electrons. The molecular weight excluding hydrogens is 598 g/mol. The van der Waals surface area contributed by atoms with Crippen molar-refractivity contribution in [2.45, 2.75) is 33.7 Å². The van der Waals surface area contributed by atoms with Crippen molar-refractivity contribution in [2.24, 2.45) is 4.99 Å². The third-order valence-corrected chi connectivity index (χ3v) is 8.87. The van der Waals surface area contributed by atoms with E-state index in [1.807, 2.05) is 98.8 Å². The highest BCUT2D eigenvalue weighted by atomic mass is 32.1. The van der Waals surface area contributed by atoms with Crippen LogP contribution in [-0.2, 0) is 14.3 Å². The summed E-state index contributed by atoms with van der Waals surface area (Å²) in [5.41, 5.74) is 6.28. The van der Waals surface area contributed by atoms with Crippen molar-refractivity contribution in [1.82, 2.24) is 9.13 Å². The molecule has 1 atom stereocenters. The van der Waals surface area contributed by atoms with E-state index >= 15 is 0 Å². The van der Waals surface area contributed by atoms with Crippen molar-refractivity contribution in [3.8, 4) is 5.69 Å². The first kappa shape index (κ1) is 30.7. The molecule has 0 saturated carbocycles. The molecule has 0 saturated heterocycles. The second-order valence-corrected chi connectivity index (χ2v) is 11.8. The van der Waals surface area contributed by atoms with E-state index < -0.39 is 12.0 Å². The normalized spacial score (nSPS) is 14.5. The summed E-state index contributed by atoms with van der Waals surface area (Å²) in [5, 5.41) is 0. The minimum atomic E-state index is -0.723. The van der Waals surface area contributed by atoms with Gasteiger partial charge in [-0.1, -0.05) is 72.0 Å². The number of esters is 2. The van der Waals surface area contributed by atoms with Crippen LogP contribution >= 0.6 is 11.3 Å². The molecular formula is C37H33N3O5S. The number of hydrogen-bond donors (Lipinski definition) is 0. The van der Waals surface area contributed by atoms with Gasteiger partial charge in [0.25, 0.3) is 5.56 Å². The fourth-order valence-electron chi connectivity index (χ4n) is 5.82. The van der Waals surface area contributed by atoms with Crippen molar-refractivity contribution in [3.63, 3.8) is 0 Å². The summed E-state index contributed by atoms with van der Waals surface area (Å²) in [5.74, 6) is -0.868. The number of benzene rings is 3. The lowest BCUT2D eigenvalue weighted by atomic mass is 9.93. The van der Waals surface area contributed by atoms with Crippen molar-refractivity contribution in [2.75, 3.05) is 13.2 Å². The van der Waals surface area contributed by atoms with E-state index in [1.54, 1.807) is 30.5 Å². The van der Waals surface area contributed by atoms with Crippen molar-refractivity contribution < 1.29 is 19.1 Å². The number of rotatable bonds is 8. The minimum Gasteiger partial charge on any atom is -0.463 e. The van der Waals surface area contributed by atoms with Crippen LogP contribution in [0, 0.1) is 13.8 Å². The number of aryl methyl sites for hydroxylation is 1. The molecule has 3 aromatic carbocycles. The molecule has 9 heteroatoms. The summed E-state index contributed by atoms with van der Waals surface area (Å²) in [4.78, 5) is 45.4. The molecule has 0 bridgehead atoms. The first-order valence-corrected chi connectivity index (χ1v) is 15.9. The maximum absolute atomic E-state index is 14.3. The molecule has 1 aliphatic rings. The van der Waals surface area contributed by atoms with Crippen LogP contribution in [0.2, 0.25) is 0 Å². The van der Waals surface area contributed by atoms with Crippen LogP contribution in [0.25, 0.3) is 17.5 Å². The fourth-order valence-corrected chi connectivity index (χ4v) is 6.82. The molecule has 6 rings (SSSR count). The highest BCUT2D eigenvalue weighted by Crippen LogP contribution is 2.35. The number of nitrogens with zero attached hydrogens (tertiary/aromatic N) is 3. The molecule has 0 N–H and O–H groups in total. The van der Waals surface area contributed by atoms with Gasteiger partial charge in [0.2, 0.25) is 0 Å². The number of ether oxygens (including phenoxy) is 2. The molecule has 0 unspecified atom stereocenters. The van der Waals surface area contributed by atoms with Crippen LogP contribution in [0.4, 0.5) is 0 Å². The zero-order valence-corrected chi connectivity index (χ0v) is 26.8. The monoisotopic (exact) mass is 631 g/mol. The lowest BCUT2D eigenvalue weighted by Crippen LogP contribution is -2.40. The van der Waals surface area contributed by atoms with Crippen LogP contribution < -0.4 is 14.9 Å². The molecule has 46 heavy (non-hydrogen) atoms. The molecule has 3 heterocycles. The van der Waals surface area contributed by atoms with Crippen LogP contribution in [0.15, 0.2) is 106 Å². The van der Waals surface area contributed by atoms with Gasteiger partial charge in [0.05, 0.1) is 40.6 Å². The third-order valence-electron chi connectivity index (χ3n) is 7.88. The summed E-state index contributed by atoms with van der Waals surface area (Å²) < 4.78 is 14.8. The number of carbonyl (C=O) groups excluding carboxylic acids is 2. The van der Waals surface area contributed by atoms with Gasteiger partial charge in [0, 0.05) is 22.6 Å². The number of fused-ring (bicyclic) bond motifs is 1. The summed E-state index contributed by atoms with van der Waals surface area (Å²) in [6, 6.07) is 27.6. The number of hydrogen-bond acceptors (Lipinski definition) is 7. The average molecular weight is 632 g/mol. The summed E-state index contributed by atoms with van der Waals surface area (Å²) in [7, 11) is 0. The van der Waals surface area contributed by atoms with Gasteiger partial charge in [-0.15, -0.1) is 0 Å². The Bertz CT molecular complexity index is 2140. The van der Waals surface area contributed by atoms with E-state index in [-0.39, 0.29) is 18.1 Å². The molecule has 0 amide bonds. The van der Waals surface area contributed by atoms with Gasteiger partial charge in [0.15, 0.2) is 4.80 Å². The zero-order chi connectivity index (χ0) is 32.4. The number of aromatic nitrogens is 2. The Morgan fingerprint density at radius 2 is 1.50 bits per heavy atom. The van der Waals surface area contributed by atoms with E-state index in [4.69, 9.17) is 14.5 Å². The molecule has 0 fully saturated rings. The topological polar surface area (TPSA) is 91.9 Å². The first-order chi connectivity index (χ1) is 22.3. The Kier molecular flexibility index (Phi) is 8.68. The quantitative estimate of drug-likeness (QED) is 0.211. The van der Waals surface area contributed by atoms with Gasteiger partial charge >= 0.3 is 11.9 Å². The summed E-state index contributed by atoms with van der Waals surface area (Å²) in [6.07, 6.45) is 1.88. The Morgan fingerprint density at radius 3 is 2.15 bits per heavy atom. The van der Waals surface area contributed by atoms with Gasteiger partial charge in [0.1, 0.15) is 0 Å². The molecule has 5 aromatic rings. The van der Waals surface area contributed by atoms with Crippen molar-refractivity contribution >= 4 is 35.0 Å². The van der Waals surface area contributed by atoms with E-state index in [9.17, 15) is 14.4 Å². The lowest BCUT2D eigenvalue weighted by molar-refractivity contribution is -0.138. The van der Waals surface area contributed by atoms with Gasteiger partial charge < -0.3 is 14.0 Å². The second-order valence-electron chi connectivity index (χ2n) is 10.8. The van der Waals surface area contributed by atoms with Gasteiger partial charge in [-0.25, -0.2) is 14.6 Å². The Labute approximate surface area is 270 Å². The Balaban J connectivity index is 1.51. The molecule has 8 nitrogen and oxygen atoms in total. The largest absolute Gasteiger partial charge is 0.463 e. The average Bonchev–Trinajstić information content (AvgIpc) is 3.54. The van der Waals surface area contributed by atoms with Crippen LogP contribution in [-0.4, -0.2) is 34.3 Å². The van der Waals surface area contributed by atoms with E-state index in [0.717, 1.165) is 33.8 Å². The predicted molar refractivity (Wildman–Crippen MR) is 179 cm³/mol. The first-order valence-electron chi connectivity index (χ1n) is 15.1. The predicted octanol–water partition coefficient (Wildman–Crippen LogP) is 5.52. The highest BCUT2D eigenvalue weighted by Gasteiger charge is 2.35. The SMILES string of the molecule is CCOC(=O)C1=C(c2ccccc2)N=c2s/c(=C\c3cc(C)n(-c4ccc(C(=O)OCC)cc4)c3C)c(=O)n2[C@@H]1c1ccccc1. The molecule has 1 aliphatic heterocycles. The number of carbonyl (C=O) groups is 2. The molecule has 0 spiro atoms. The molecule has 0 aliphatic carbocycles. The van der Waals surface area contributed by atoms with E-state index in [2.05, 4.69) is 4.57 Å². The molecule has 2 aromatic heterocycles. The minimum absolute atomic E-state index is 0.192. The maximum Gasteiger partial charge on any atom is 0.338 e. The highest BCUT2D eigenvalue weighted by molar-refractivity contribution is 7.07. The van der Waals surface area contributed by atoms with Crippen LogP contribution in [0.5, 0.6) is 0 Å². The smallest absolute Gasteiger partial charge is 0.338 e. The Morgan fingerprint density at radius 1 is 0.870 bits per heavy atom. The third kappa shape index (κ3) is 5.65. The summed E-state index contributed by atoms with van der Waals surface area (Å²) in [6.45, 7) is 8.04. The Hall–Kier alpha value is -5.28. The van der Waals surface area contributed by atoms with Gasteiger partial charge in [-0.3, -0.25) is 9.36 Å². The van der Waals surface area contributed by atoms with Gasteiger partial charge in [-0.2, -0.15) is 0 Å². The zero-order valence-electron chi connectivity index (χ0n) is 26.0. The lowest BCUT2D eigenvalue weighted by Gasteiger charge is -2.25. The van der Waals surface area contributed by atoms with Crippen LogP contribution in [0.3, 0.4) is 0 Å². The second kappa shape index (κ2) is 13.0. The van der Waals surface area contributed by atoms with Crippen molar-refractivity contribution in [3.05, 3.63) is 150 Å². The fraction of sp³-hybridized carbons (Fsp3) is 0.189. The van der Waals surface area contributed by atoms with Crippen molar-refractivity contribution in [1.29, 1.82) is 0 Å². The van der Waals surface area contributed by atoms with E-state index in [1.165, 1.54) is 11.3 Å². The van der Waals surface area contributed by atoms with E-state index in [0.29, 0.717) is 32.8 Å². The maximum atomic E-state index is 14.3. The molecule has 0 radical (unpaired) electrons.